The zero-order chi connectivity index (χ0) is 21.0. The predicted octanol–water partition coefficient (Wildman–Crippen LogP) is 0.165. The molecule has 0 spiro atoms. The third-order valence-corrected chi connectivity index (χ3v) is 3.87. The molecule has 0 saturated heterocycles. The number of aryl methyl sites for hydroxylation is 1. The van der Waals surface area contributed by atoms with E-state index in [2.05, 4.69) is 10.3 Å². The van der Waals surface area contributed by atoms with Crippen molar-refractivity contribution in [3.63, 3.8) is 0 Å². The van der Waals surface area contributed by atoms with Crippen LogP contribution >= 0.6 is 0 Å². The number of anilines is 1. The highest BCUT2D eigenvalue weighted by Crippen LogP contribution is 2.13. The highest BCUT2D eigenvalue weighted by Gasteiger charge is 2.14. The number of hydrogen-bond acceptors (Lipinski definition) is 6. The summed E-state index contributed by atoms with van der Waals surface area (Å²) in [5.41, 5.74) is 0.538. The van der Waals surface area contributed by atoms with E-state index in [1.165, 1.54) is 37.0 Å². The number of fused-ring (bicyclic) bond motifs is 1. The molecule has 0 aliphatic carbocycles. The molecule has 150 valence electrons. The second-order valence-corrected chi connectivity index (χ2v) is 6.35. The van der Waals surface area contributed by atoms with Crippen LogP contribution in [0.25, 0.3) is 11.2 Å². The Labute approximate surface area is 160 Å². The number of phenols is 1. The van der Waals surface area contributed by atoms with Gasteiger partial charge in [0.1, 0.15) is 5.75 Å². The molecular formula is C18H23N5O5. The number of aliphatic hydroxyl groups is 1. The Kier molecular flexibility index (Phi) is 6.37. The molecule has 0 aliphatic rings. The summed E-state index contributed by atoms with van der Waals surface area (Å²) < 4.78 is 3.90. The molecule has 2 heterocycles. The van der Waals surface area contributed by atoms with Gasteiger partial charge in [0.25, 0.3) is 5.56 Å². The van der Waals surface area contributed by atoms with Crippen molar-refractivity contribution < 1.29 is 15.0 Å². The topological polar surface area (TPSA) is 131 Å². The van der Waals surface area contributed by atoms with Gasteiger partial charge >= 0.3 is 5.69 Å². The van der Waals surface area contributed by atoms with E-state index in [1.54, 1.807) is 30.7 Å². The minimum absolute atomic E-state index is 0.115. The lowest BCUT2D eigenvalue weighted by Gasteiger charge is -2.07. The van der Waals surface area contributed by atoms with E-state index in [4.69, 9.17) is 5.11 Å². The summed E-state index contributed by atoms with van der Waals surface area (Å²) in [4.78, 5) is 38.2. The molecule has 1 amide bonds. The maximum atomic E-state index is 12.0. The van der Waals surface area contributed by atoms with Crippen LogP contribution in [0.2, 0.25) is 0 Å². The smallest absolute Gasteiger partial charge is 0.332 e. The Morgan fingerprint density at radius 2 is 1.79 bits per heavy atom. The number of benzene rings is 1. The van der Waals surface area contributed by atoms with Gasteiger partial charge < -0.3 is 20.1 Å². The number of hydrogen-bond donors (Lipinski definition) is 3. The van der Waals surface area contributed by atoms with Crippen molar-refractivity contribution in [3.8, 4) is 5.75 Å². The molecule has 1 aromatic carbocycles. The van der Waals surface area contributed by atoms with Crippen LogP contribution in [0, 0.1) is 0 Å². The minimum Gasteiger partial charge on any atom is -0.508 e. The summed E-state index contributed by atoms with van der Waals surface area (Å²) in [6.45, 7) is 3.33. The van der Waals surface area contributed by atoms with Crippen LogP contribution in [0.1, 0.15) is 13.8 Å². The molecule has 10 heteroatoms. The molecule has 2 aromatic heterocycles. The molecule has 0 saturated carbocycles. The van der Waals surface area contributed by atoms with Gasteiger partial charge in [-0.1, -0.05) is 0 Å². The second kappa shape index (κ2) is 8.53. The van der Waals surface area contributed by atoms with Crippen molar-refractivity contribution in [1.29, 1.82) is 0 Å². The van der Waals surface area contributed by atoms with Crippen LogP contribution in [0.4, 0.5) is 5.69 Å². The van der Waals surface area contributed by atoms with Crippen molar-refractivity contribution in [3.05, 3.63) is 51.4 Å². The van der Waals surface area contributed by atoms with E-state index in [0.717, 1.165) is 4.57 Å². The molecule has 28 heavy (non-hydrogen) atoms. The molecule has 1 unspecified atom stereocenters. The predicted molar refractivity (Wildman–Crippen MR) is 104 cm³/mol. The quantitative estimate of drug-likeness (QED) is 0.547. The fourth-order valence-electron chi connectivity index (χ4n) is 2.57. The highest BCUT2D eigenvalue weighted by molar-refractivity contribution is 5.88. The molecule has 0 radical (unpaired) electrons. The normalized spacial score (nSPS) is 11.6. The van der Waals surface area contributed by atoms with Gasteiger partial charge in [0.2, 0.25) is 5.91 Å². The maximum Gasteiger partial charge on any atom is 0.332 e. The summed E-state index contributed by atoms with van der Waals surface area (Å²) >= 11 is 0. The maximum absolute atomic E-state index is 12.0. The van der Waals surface area contributed by atoms with Crippen LogP contribution in [-0.2, 0) is 25.4 Å². The molecule has 3 N–H and O–H groups in total. The number of phenolic OH excluding ortho intramolecular Hbond substituents is 1. The Morgan fingerprint density at radius 3 is 2.32 bits per heavy atom. The van der Waals surface area contributed by atoms with Crippen LogP contribution in [0.3, 0.4) is 0 Å². The van der Waals surface area contributed by atoms with Crippen molar-refractivity contribution >= 4 is 22.8 Å². The van der Waals surface area contributed by atoms with Gasteiger partial charge in [-0.05, 0) is 31.2 Å². The SMILES string of the molecule is CC(=O)Nc1ccc(O)cc1.CC(O)Cn1cnc2c1c(=O)n(C)c(=O)n2C. The van der Waals surface area contributed by atoms with Gasteiger partial charge in [0, 0.05) is 26.7 Å². The first kappa shape index (κ1) is 20.9. The lowest BCUT2D eigenvalue weighted by atomic mass is 10.3. The van der Waals surface area contributed by atoms with Crippen LogP contribution < -0.4 is 16.6 Å². The van der Waals surface area contributed by atoms with E-state index < -0.39 is 17.4 Å². The summed E-state index contributed by atoms with van der Waals surface area (Å²) in [6.07, 6.45) is 0.868. The first-order chi connectivity index (χ1) is 13.1. The van der Waals surface area contributed by atoms with E-state index >= 15 is 0 Å². The number of amides is 1. The fraction of sp³-hybridized carbons (Fsp3) is 0.333. The third kappa shape index (κ3) is 4.65. The first-order valence-corrected chi connectivity index (χ1v) is 8.47. The summed E-state index contributed by atoms with van der Waals surface area (Å²) in [5, 5.41) is 20.8. The number of nitrogens with zero attached hydrogens (tertiary/aromatic N) is 4. The summed E-state index contributed by atoms with van der Waals surface area (Å²) in [7, 11) is 2.98. The Morgan fingerprint density at radius 1 is 1.18 bits per heavy atom. The number of aromatic hydroxyl groups is 1. The van der Waals surface area contributed by atoms with Gasteiger partial charge in [-0.15, -0.1) is 0 Å². The largest absolute Gasteiger partial charge is 0.508 e. The third-order valence-electron chi connectivity index (χ3n) is 3.87. The molecule has 3 aromatic rings. The van der Waals surface area contributed by atoms with Crippen LogP contribution in [0.5, 0.6) is 5.75 Å². The number of nitrogens with one attached hydrogen (secondary N) is 1. The van der Waals surface area contributed by atoms with E-state index in [-0.39, 0.29) is 18.2 Å². The van der Waals surface area contributed by atoms with Gasteiger partial charge in [-0.2, -0.15) is 0 Å². The second-order valence-electron chi connectivity index (χ2n) is 6.35. The molecule has 1 atom stereocenters. The van der Waals surface area contributed by atoms with Crippen molar-refractivity contribution in [2.24, 2.45) is 14.1 Å². The van der Waals surface area contributed by atoms with Crippen LogP contribution in [-0.4, -0.2) is 40.9 Å². The van der Waals surface area contributed by atoms with Gasteiger partial charge in [-0.3, -0.25) is 18.7 Å². The van der Waals surface area contributed by atoms with Crippen molar-refractivity contribution in [2.75, 3.05) is 5.32 Å². The molecule has 0 fully saturated rings. The molecular weight excluding hydrogens is 366 g/mol. The average Bonchev–Trinajstić information content (AvgIpc) is 3.03. The first-order valence-electron chi connectivity index (χ1n) is 8.47. The zero-order valence-corrected chi connectivity index (χ0v) is 16.1. The average molecular weight is 389 g/mol. The van der Waals surface area contributed by atoms with E-state index in [9.17, 15) is 19.5 Å². The number of carbonyl (C=O) groups excluding carboxylic acids is 1. The van der Waals surface area contributed by atoms with Gasteiger partial charge in [-0.25, -0.2) is 9.78 Å². The van der Waals surface area contributed by atoms with E-state index in [1.807, 2.05) is 0 Å². The van der Waals surface area contributed by atoms with Crippen LogP contribution in [0.15, 0.2) is 40.2 Å². The summed E-state index contributed by atoms with van der Waals surface area (Å²) in [6, 6.07) is 6.31. The number of rotatable bonds is 3. The monoisotopic (exact) mass is 389 g/mol. The van der Waals surface area contributed by atoms with Crippen molar-refractivity contribution in [2.45, 2.75) is 26.5 Å². The number of aromatic nitrogens is 4. The highest BCUT2D eigenvalue weighted by atomic mass is 16.3. The lowest BCUT2D eigenvalue weighted by molar-refractivity contribution is -0.114. The van der Waals surface area contributed by atoms with Gasteiger partial charge in [0.05, 0.1) is 19.0 Å². The van der Waals surface area contributed by atoms with Crippen molar-refractivity contribution in [1.82, 2.24) is 18.7 Å². The minimum atomic E-state index is -0.589. The number of carbonyl (C=O) groups is 1. The Hall–Kier alpha value is -3.40. The number of imidazole rings is 1. The Bertz CT molecular complexity index is 1090. The molecule has 0 aliphatic heterocycles. The zero-order valence-electron chi connectivity index (χ0n) is 16.1. The molecule has 3 rings (SSSR count). The summed E-state index contributed by atoms with van der Waals surface area (Å²) in [5.74, 6) is 0.0785. The Balaban J connectivity index is 0.000000221. The molecule has 0 bridgehead atoms. The number of aliphatic hydroxyl groups excluding tert-OH is 1. The van der Waals surface area contributed by atoms with E-state index in [0.29, 0.717) is 16.9 Å². The fourth-order valence-corrected chi connectivity index (χ4v) is 2.57. The molecule has 10 nitrogen and oxygen atoms in total. The standard InChI is InChI=1S/C10H14N4O3.C8H9NO2/c1-6(15)4-14-5-11-8-7(14)9(16)13(3)10(17)12(8)2;1-6(10)9-7-2-4-8(11)5-3-7/h5-6,15H,4H2,1-3H3;2-5,11H,1H3,(H,9,10). The van der Waals surface area contributed by atoms with Gasteiger partial charge in [0.15, 0.2) is 11.2 Å². The lowest BCUT2D eigenvalue weighted by Crippen LogP contribution is -2.37.